The Labute approximate surface area is 256 Å². The van der Waals surface area contributed by atoms with Crippen LogP contribution in [0.2, 0.25) is 18.1 Å². The third-order valence-corrected chi connectivity index (χ3v) is 12.8. The number of carbonyl (C=O) groups excluding carboxylic acids is 3. The molecule has 43 heavy (non-hydrogen) atoms. The maximum atomic E-state index is 15.3. The largest absolute Gasteiger partial charge is 0.444 e. The molecule has 1 aromatic carbocycles. The van der Waals surface area contributed by atoms with Gasteiger partial charge in [-0.25, -0.2) is 19.2 Å². The molecule has 3 rings (SSSR count). The summed E-state index contributed by atoms with van der Waals surface area (Å²) in [5.74, 6) is -1.92. The molecule has 1 aliphatic rings. The number of rotatable bonds is 12. The van der Waals surface area contributed by atoms with Crippen molar-refractivity contribution in [3.8, 4) is 0 Å². The maximum Gasteiger partial charge on any atom is 0.408 e. The van der Waals surface area contributed by atoms with Crippen molar-refractivity contribution in [3.63, 3.8) is 0 Å². The zero-order valence-electron chi connectivity index (χ0n) is 27.6. The Kier molecular flexibility index (Phi) is 10.4. The molecule has 1 amide bonds. The molecule has 0 bridgehead atoms. The van der Waals surface area contributed by atoms with Gasteiger partial charge in [-0.2, -0.15) is 0 Å². The van der Waals surface area contributed by atoms with Crippen LogP contribution in [0, 0.1) is 18.7 Å². The van der Waals surface area contributed by atoms with Gasteiger partial charge in [0, 0.05) is 18.4 Å². The van der Waals surface area contributed by atoms with Crippen LogP contribution >= 0.6 is 0 Å². The highest BCUT2D eigenvalue weighted by Gasteiger charge is 2.42. The van der Waals surface area contributed by atoms with Crippen molar-refractivity contribution in [1.29, 1.82) is 0 Å². The van der Waals surface area contributed by atoms with Crippen molar-refractivity contribution in [2.75, 3.05) is 5.32 Å². The number of fused-ring (bicyclic) bond motifs is 1. The number of benzene rings is 1. The van der Waals surface area contributed by atoms with Gasteiger partial charge in [0.15, 0.2) is 19.9 Å². The minimum atomic E-state index is -2.34. The highest BCUT2D eigenvalue weighted by molar-refractivity contribution is 6.74. The first-order valence-corrected chi connectivity index (χ1v) is 18.1. The van der Waals surface area contributed by atoms with Crippen LogP contribution < -0.4 is 10.6 Å². The molecule has 238 valence electrons. The van der Waals surface area contributed by atoms with E-state index < -0.39 is 49.7 Å². The van der Waals surface area contributed by atoms with Gasteiger partial charge >= 0.3 is 6.09 Å². The molecule has 1 fully saturated rings. The summed E-state index contributed by atoms with van der Waals surface area (Å²) in [4.78, 5) is 49.8. The molecule has 2 N–H and O–H groups in total. The molecule has 2 aromatic rings. The van der Waals surface area contributed by atoms with Crippen LogP contribution in [-0.4, -0.2) is 59.7 Å². The standard InChI is InChI=1S/C32H49FN4O5Si/c1-12-20(28(39)26(37-30(40)41-31(4,5)6)19(3)42-43(10,11)32(7,8)9)17-24(38)25-22(33)15-16-23-27(25)36-29(18(2)34-23)35-21-13-14-21/h15-16,19-21,26H,12-14,17H2,1-11H3,(H,35,36)(H,37,40)/t19-,20?,26+/m1/s1. The topological polar surface area (TPSA) is 120 Å². The Bertz CT molecular complexity index is 1360. The highest BCUT2D eigenvalue weighted by atomic mass is 28.4. The predicted octanol–water partition coefficient (Wildman–Crippen LogP) is 7.12. The second-order valence-corrected chi connectivity index (χ2v) is 19.0. The van der Waals surface area contributed by atoms with Gasteiger partial charge in [0.1, 0.15) is 28.8 Å². The van der Waals surface area contributed by atoms with Crippen LogP contribution in [0.25, 0.3) is 11.0 Å². The van der Waals surface area contributed by atoms with E-state index >= 15 is 4.39 Å². The third-order valence-electron chi connectivity index (χ3n) is 8.22. The number of carbonyl (C=O) groups is 3. The van der Waals surface area contributed by atoms with Gasteiger partial charge in [0.05, 0.1) is 22.9 Å². The minimum absolute atomic E-state index is 0.139. The summed E-state index contributed by atoms with van der Waals surface area (Å²) in [5.41, 5.74) is 0.276. The summed E-state index contributed by atoms with van der Waals surface area (Å²) in [6.07, 6.45) is 0.638. The number of halogens is 1. The van der Waals surface area contributed by atoms with Gasteiger partial charge in [-0.05, 0) is 84.1 Å². The van der Waals surface area contributed by atoms with Crippen LogP contribution in [0.1, 0.15) is 97.1 Å². The Morgan fingerprint density at radius 3 is 2.26 bits per heavy atom. The number of aromatic nitrogens is 2. The summed E-state index contributed by atoms with van der Waals surface area (Å²) in [6.45, 7) is 21.0. The van der Waals surface area contributed by atoms with Crippen LogP contribution in [0.4, 0.5) is 15.0 Å². The number of ketones is 2. The van der Waals surface area contributed by atoms with E-state index in [2.05, 4.69) is 54.5 Å². The number of nitrogens with one attached hydrogen (secondary N) is 2. The Morgan fingerprint density at radius 1 is 1.09 bits per heavy atom. The summed E-state index contributed by atoms with van der Waals surface area (Å²) in [5, 5.41) is 5.88. The zero-order chi connectivity index (χ0) is 32.5. The molecule has 1 saturated carbocycles. The lowest BCUT2D eigenvalue weighted by atomic mass is 9.87. The second kappa shape index (κ2) is 13.0. The SMILES string of the molecule is CCC(CC(=O)c1c(F)ccc2nc(C)c(NC3CC3)nc12)C(=O)[C@@H](NC(=O)OC(C)(C)C)[C@@H](C)O[Si](C)(C)C(C)(C)C. The third kappa shape index (κ3) is 8.81. The molecule has 11 heteroatoms. The number of alkyl carbamates (subject to hydrolysis) is 1. The van der Waals surface area contributed by atoms with Crippen molar-refractivity contribution < 1.29 is 27.9 Å². The van der Waals surface area contributed by atoms with Gasteiger partial charge in [0.25, 0.3) is 0 Å². The van der Waals surface area contributed by atoms with E-state index in [4.69, 9.17) is 9.16 Å². The highest BCUT2D eigenvalue weighted by Crippen LogP contribution is 2.38. The second-order valence-electron chi connectivity index (χ2n) is 14.2. The average Bonchev–Trinajstić information content (AvgIpc) is 3.68. The van der Waals surface area contributed by atoms with Crippen molar-refractivity contribution in [3.05, 3.63) is 29.2 Å². The predicted molar refractivity (Wildman–Crippen MR) is 170 cm³/mol. The average molecular weight is 617 g/mol. The molecule has 1 unspecified atom stereocenters. The van der Waals surface area contributed by atoms with E-state index in [1.165, 1.54) is 12.1 Å². The molecule has 0 spiro atoms. The molecule has 1 heterocycles. The number of anilines is 1. The fraction of sp³-hybridized carbons (Fsp3) is 0.656. The molecule has 3 atom stereocenters. The summed E-state index contributed by atoms with van der Waals surface area (Å²) >= 11 is 0. The number of nitrogens with zero attached hydrogens (tertiary/aromatic N) is 2. The zero-order valence-corrected chi connectivity index (χ0v) is 28.6. The number of amides is 1. The smallest absolute Gasteiger partial charge is 0.408 e. The van der Waals surface area contributed by atoms with Crippen LogP contribution in [-0.2, 0) is 14.0 Å². The quantitative estimate of drug-likeness (QED) is 0.191. The first-order chi connectivity index (χ1) is 19.7. The Balaban J connectivity index is 1.93. The first kappa shape index (κ1) is 34.6. The van der Waals surface area contributed by atoms with E-state index in [9.17, 15) is 14.4 Å². The fourth-order valence-corrected chi connectivity index (χ4v) is 6.02. The molecule has 1 aromatic heterocycles. The number of hydrogen-bond donors (Lipinski definition) is 2. The fourth-order valence-electron chi connectivity index (χ4n) is 4.60. The van der Waals surface area contributed by atoms with E-state index in [0.29, 0.717) is 29.5 Å². The van der Waals surface area contributed by atoms with Gasteiger partial charge in [-0.3, -0.25) is 9.59 Å². The number of aryl methyl sites for hydroxylation is 1. The molecule has 9 nitrogen and oxygen atoms in total. The van der Waals surface area contributed by atoms with E-state index in [-0.39, 0.29) is 28.3 Å². The molecule has 0 saturated heterocycles. The molecular weight excluding hydrogens is 567 g/mol. The normalized spacial score (nSPS) is 16.4. The molecule has 0 radical (unpaired) electrons. The Hall–Kier alpha value is -2.92. The summed E-state index contributed by atoms with van der Waals surface area (Å²) in [7, 11) is -2.34. The lowest BCUT2D eigenvalue weighted by Gasteiger charge is -2.40. The van der Waals surface area contributed by atoms with Gasteiger partial charge in [-0.1, -0.05) is 27.7 Å². The Morgan fingerprint density at radius 2 is 1.72 bits per heavy atom. The van der Waals surface area contributed by atoms with E-state index in [0.717, 1.165) is 12.8 Å². The van der Waals surface area contributed by atoms with Gasteiger partial charge in [-0.15, -0.1) is 0 Å². The first-order valence-electron chi connectivity index (χ1n) is 15.2. The van der Waals surface area contributed by atoms with Crippen molar-refractivity contribution in [1.82, 2.24) is 15.3 Å². The number of hydrogen-bond acceptors (Lipinski definition) is 8. The minimum Gasteiger partial charge on any atom is -0.444 e. The van der Waals surface area contributed by atoms with Crippen LogP contribution in [0.3, 0.4) is 0 Å². The maximum absolute atomic E-state index is 15.3. The molecule has 1 aliphatic carbocycles. The van der Waals surface area contributed by atoms with Crippen molar-refractivity contribution >= 4 is 42.8 Å². The monoisotopic (exact) mass is 616 g/mol. The number of Topliss-reactive ketones (excluding diaryl/α,β-unsaturated/α-hetero) is 2. The van der Waals surface area contributed by atoms with E-state index in [1.54, 1.807) is 34.6 Å². The van der Waals surface area contributed by atoms with Gasteiger partial charge in [0.2, 0.25) is 0 Å². The lowest BCUT2D eigenvalue weighted by molar-refractivity contribution is -0.127. The van der Waals surface area contributed by atoms with Crippen molar-refractivity contribution in [2.45, 2.75) is 130 Å². The van der Waals surface area contributed by atoms with Gasteiger partial charge < -0.3 is 19.8 Å². The van der Waals surface area contributed by atoms with Crippen LogP contribution in [0.5, 0.6) is 0 Å². The van der Waals surface area contributed by atoms with Crippen LogP contribution in [0.15, 0.2) is 12.1 Å². The summed E-state index contributed by atoms with van der Waals surface area (Å²) < 4.78 is 27.2. The lowest BCUT2D eigenvalue weighted by Crippen LogP contribution is -2.55. The summed E-state index contributed by atoms with van der Waals surface area (Å²) in [6, 6.07) is 1.94. The molecular formula is C32H49FN4O5Si. The molecule has 0 aliphatic heterocycles. The number of ether oxygens (including phenoxy) is 1. The van der Waals surface area contributed by atoms with E-state index in [1.807, 2.05) is 6.92 Å². The van der Waals surface area contributed by atoms with Crippen molar-refractivity contribution in [2.24, 2.45) is 5.92 Å².